The Morgan fingerprint density at radius 2 is 1.93 bits per heavy atom. The highest BCUT2D eigenvalue weighted by atomic mass is 32.1. The minimum atomic E-state index is -1.36. The van der Waals surface area contributed by atoms with Gasteiger partial charge in [0.05, 0.1) is 24.7 Å². The average Bonchev–Trinajstić information content (AvgIpc) is 2.79. The molecule has 1 amide bonds. The van der Waals surface area contributed by atoms with E-state index in [-0.39, 0.29) is 0 Å². The van der Waals surface area contributed by atoms with Crippen LogP contribution in [-0.2, 0) is 0 Å². The fourth-order valence-electron chi connectivity index (χ4n) is 0.979. The van der Waals surface area contributed by atoms with Gasteiger partial charge in [-0.25, -0.2) is 0 Å². The van der Waals surface area contributed by atoms with Crippen molar-refractivity contribution in [2.24, 2.45) is 0 Å². The van der Waals surface area contributed by atoms with Crippen LogP contribution in [0, 0.1) is 0 Å². The van der Waals surface area contributed by atoms with E-state index in [1.807, 2.05) is 0 Å². The first-order chi connectivity index (χ1) is 7.17. The summed E-state index contributed by atoms with van der Waals surface area (Å²) in [7, 11) is 0. The van der Waals surface area contributed by atoms with Crippen molar-refractivity contribution in [3.63, 3.8) is 0 Å². The standard InChI is InChI=1S/C9H13NO4S/c11-4-9(5-12,6-13)10-8(14)7-2-1-3-15-7/h1-3,11-13H,4-6H2,(H,10,14). The fraction of sp³-hybridized carbons (Fsp3) is 0.444. The number of aliphatic hydroxyl groups is 3. The van der Waals surface area contributed by atoms with Crippen molar-refractivity contribution >= 4 is 17.2 Å². The van der Waals surface area contributed by atoms with Crippen LogP contribution in [0.1, 0.15) is 9.67 Å². The predicted octanol–water partition coefficient (Wildman–Crippen LogP) is -0.806. The number of aliphatic hydroxyl groups excluding tert-OH is 3. The zero-order valence-corrected chi connectivity index (χ0v) is 8.83. The minimum absolute atomic E-state index is 0.415. The molecule has 0 radical (unpaired) electrons. The third-order valence-electron chi connectivity index (χ3n) is 2.03. The van der Waals surface area contributed by atoms with Gasteiger partial charge in [0.2, 0.25) is 0 Å². The molecule has 0 spiro atoms. The van der Waals surface area contributed by atoms with E-state index >= 15 is 0 Å². The topological polar surface area (TPSA) is 89.8 Å². The largest absolute Gasteiger partial charge is 0.394 e. The number of carbonyl (C=O) groups excluding carboxylic acids is 1. The van der Waals surface area contributed by atoms with Gasteiger partial charge in [0.1, 0.15) is 5.54 Å². The zero-order valence-electron chi connectivity index (χ0n) is 8.01. The van der Waals surface area contributed by atoms with Crippen LogP contribution in [0.25, 0.3) is 0 Å². The van der Waals surface area contributed by atoms with Gasteiger partial charge in [-0.05, 0) is 11.4 Å². The second-order valence-electron chi connectivity index (χ2n) is 3.19. The number of hydrogen-bond donors (Lipinski definition) is 4. The fourth-order valence-corrected chi connectivity index (χ4v) is 1.60. The molecule has 5 nitrogen and oxygen atoms in total. The minimum Gasteiger partial charge on any atom is -0.394 e. The lowest BCUT2D eigenvalue weighted by Crippen LogP contribution is -2.56. The molecule has 1 aromatic rings. The van der Waals surface area contributed by atoms with Crippen LogP contribution in [-0.4, -0.2) is 46.6 Å². The molecule has 1 aromatic heterocycles. The van der Waals surface area contributed by atoms with Gasteiger partial charge in [-0.2, -0.15) is 0 Å². The number of hydrogen-bond acceptors (Lipinski definition) is 5. The first kappa shape index (κ1) is 12.1. The molecule has 0 bridgehead atoms. The second-order valence-corrected chi connectivity index (χ2v) is 4.13. The average molecular weight is 231 g/mol. The van der Waals surface area contributed by atoms with E-state index in [1.54, 1.807) is 17.5 Å². The Bertz CT molecular complexity index is 300. The van der Waals surface area contributed by atoms with Gasteiger partial charge in [0.25, 0.3) is 5.91 Å². The van der Waals surface area contributed by atoms with E-state index in [0.717, 1.165) is 0 Å². The summed E-state index contributed by atoms with van der Waals surface area (Å²) in [5.41, 5.74) is -1.36. The molecule has 1 heterocycles. The van der Waals surface area contributed by atoms with E-state index in [2.05, 4.69) is 5.32 Å². The molecule has 84 valence electrons. The highest BCUT2D eigenvalue weighted by molar-refractivity contribution is 7.12. The second kappa shape index (κ2) is 5.22. The van der Waals surface area contributed by atoms with Crippen LogP contribution in [0.15, 0.2) is 17.5 Å². The van der Waals surface area contributed by atoms with Crippen molar-refractivity contribution in [2.75, 3.05) is 19.8 Å². The van der Waals surface area contributed by atoms with Gasteiger partial charge in [-0.3, -0.25) is 4.79 Å². The van der Waals surface area contributed by atoms with Gasteiger partial charge in [0.15, 0.2) is 0 Å². The molecule has 0 fully saturated rings. The highest BCUT2D eigenvalue weighted by Crippen LogP contribution is 2.10. The molecule has 0 saturated carbocycles. The number of rotatable bonds is 5. The summed E-state index contributed by atoms with van der Waals surface area (Å²) in [5.74, 6) is -0.415. The van der Waals surface area contributed by atoms with E-state index in [9.17, 15) is 4.79 Å². The molecule has 6 heteroatoms. The molecule has 0 atom stereocenters. The summed E-state index contributed by atoms with van der Waals surface area (Å²) in [5, 5.41) is 31.1. The Hall–Kier alpha value is -0.950. The van der Waals surface area contributed by atoms with E-state index in [4.69, 9.17) is 15.3 Å². The SMILES string of the molecule is O=C(NC(CO)(CO)CO)c1cccs1. The van der Waals surface area contributed by atoms with Crippen molar-refractivity contribution in [3.05, 3.63) is 22.4 Å². The first-order valence-electron chi connectivity index (χ1n) is 4.36. The molecule has 0 aromatic carbocycles. The molecule has 15 heavy (non-hydrogen) atoms. The molecule has 0 aliphatic heterocycles. The lowest BCUT2D eigenvalue weighted by molar-refractivity contribution is 0.0377. The summed E-state index contributed by atoms with van der Waals surface area (Å²) in [6, 6.07) is 3.34. The summed E-state index contributed by atoms with van der Waals surface area (Å²) in [6.07, 6.45) is 0. The monoisotopic (exact) mass is 231 g/mol. The van der Waals surface area contributed by atoms with Crippen molar-refractivity contribution in [1.82, 2.24) is 5.32 Å². The Morgan fingerprint density at radius 1 is 1.33 bits per heavy atom. The number of carbonyl (C=O) groups is 1. The maximum absolute atomic E-state index is 11.6. The van der Waals surface area contributed by atoms with Crippen LogP contribution in [0.2, 0.25) is 0 Å². The summed E-state index contributed by atoms with van der Waals surface area (Å²) < 4.78 is 0. The predicted molar refractivity (Wildman–Crippen MR) is 55.8 cm³/mol. The normalized spacial score (nSPS) is 11.4. The smallest absolute Gasteiger partial charge is 0.262 e. The lowest BCUT2D eigenvalue weighted by Gasteiger charge is -2.28. The van der Waals surface area contributed by atoms with Crippen molar-refractivity contribution in [2.45, 2.75) is 5.54 Å². The number of amides is 1. The van der Waals surface area contributed by atoms with Crippen molar-refractivity contribution in [3.8, 4) is 0 Å². The van der Waals surface area contributed by atoms with E-state index < -0.39 is 31.3 Å². The summed E-state index contributed by atoms with van der Waals surface area (Å²) in [6.45, 7) is -1.55. The summed E-state index contributed by atoms with van der Waals surface area (Å²) >= 11 is 1.25. The molecule has 0 aliphatic rings. The number of thiophene rings is 1. The van der Waals surface area contributed by atoms with Crippen molar-refractivity contribution in [1.29, 1.82) is 0 Å². The van der Waals surface area contributed by atoms with E-state index in [1.165, 1.54) is 11.3 Å². The highest BCUT2D eigenvalue weighted by Gasteiger charge is 2.30. The van der Waals surface area contributed by atoms with Gasteiger partial charge < -0.3 is 20.6 Å². The molecule has 0 unspecified atom stereocenters. The Labute approximate surface area is 91.0 Å². The van der Waals surface area contributed by atoms with Crippen LogP contribution in [0.3, 0.4) is 0 Å². The van der Waals surface area contributed by atoms with Crippen LogP contribution < -0.4 is 5.32 Å². The molecule has 1 rings (SSSR count). The van der Waals surface area contributed by atoms with Gasteiger partial charge in [0, 0.05) is 0 Å². The summed E-state index contributed by atoms with van der Waals surface area (Å²) in [4.78, 5) is 12.0. The van der Waals surface area contributed by atoms with Gasteiger partial charge in [-0.15, -0.1) is 11.3 Å². The Kier molecular flexibility index (Phi) is 4.22. The zero-order chi connectivity index (χ0) is 11.3. The molecule has 4 N–H and O–H groups in total. The van der Waals surface area contributed by atoms with Gasteiger partial charge >= 0.3 is 0 Å². The number of nitrogens with one attached hydrogen (secondary N) is 1. The quantitative estimate of drug-likeness (QED) is 0.534. The first-order valence-corrected chi connectivity index (χ1v) is 5.24. The van der Waals surface area contributed by atoms with Crippen LogP contribution >= 0.6 is 11.3 Å². The maximum Gasteiger partial charge on any atom is 0.262 e. The maximum atomic E-state index is 11.6. The molecular weight excluding hydrogens is 218 g/mol. The van der Waals surface area contributed by atoms with Gasteiger partial charge in [-0.1, -0.05) is 6.07 Å². The third-order valence-corrected chi connectivity index (χ3v) is 2.90. The van der Waals surface area contributed by atoms with Crippen molar-refractivity contribution < 1.29 is 20.1 Å². The third kappa shape index (κ3) is 2.75. The van der Waals surface area contributed by atoms with Crippen LogP contribution in [0.5, 0.6) is 0 Å². The molecular formula is C9H13NO4S. The van der Waals surface area contributed by atoms with Crippen LogP contribution in [0.4, 0.5) is 0 Å². The molecule has 0 saturated heterocycles. The lowest BCUT2D eigenvalue weighted by atomic mass is 10.0. The van der Waals surface area contributed by atoms with E-state index in [0.29, 0.717) is 4.88 Å². The Balaban J connectivity index is 2.71. The molecule has 0 aliphatic carbocycles. The Morgan fingerprint density at radius 3 is 2.33 bits per heavy atom.